The van der Waals surface area contributed by atoms with Crippen LogP contribution >= 0.6 is 0 Å². The van der Waals surface area contributed by atoms with Gasteiger partial charge in [0.2, 0.25) is 11.8 Å². The number of fused-ring (bicyclic) bond motifs is 1. The van der Waals surface area contributed by atoms with Crippen molar-refractivity contribution in [3.8, 4) is 11.5 Å². The molecule has 2 atom stereocenters. The van der Waals surface area contributed by atoms with E-state index in [-0.39, 0.29) is 24.3 Å². The van der Waals surface area contributed by atoms with Crippen molar-refractivity contribution in [2.24, 2.45) is 0 Å². The van der Waals surface area contributed by atoms with Crippen LogP contribution in [0.3, 0.4) is 0 Å². The molecular weight excluding hydrogens is 332 g/mol. The summed E-state index contributed by atoms with van der Waals surface area (Å²) in [6.07, 6.45) is 0.130. The average Bonchev–Trinajstić information content (AvgIpc) is 2.66. The van der Waals surface area contributed by atoms with Crippen molar-refractivity contribution in [1.82, 2.24) is 5.32 Å². The first-order chi connectivity index (χ1) is 12.5. The summed E-state index contributed by atoms with van der Waals surface area (Å²) >= 11 is 0. The molecule has 0 bridgehead atoms. The van der Waals surface area contributed by atoms with Gasteiger partial charge in [0.1, 0.15) is 11.5 Å². The predicted molar refractivity (Wildman–Crippen MR) is 98.5 cm³/mol. The van der Waals surface area contributed by atoms with E-state index < -0.39 is 5.92 Å². The molecule has 1 aliphatic heterocycles. The standard InChI is InChI=1S/C20H22N2O4/c1-12(15-10-13(25-2)8-9-18(15)26-3)21-20(24)16-11-19(23)22-17-7-5-4-6-14(16)17/h4-10,12,16H,11H2,1-3H3,(H,21,24)(H,22,23). The van der Waals surface area contributed by atoms with Crippen LogP contribution in [0.15, 0.2) is 42.5 Å². The zero-order chi connectivity index (χ0) is 18.7. The molecule has 2 aromatic rings. The Labute approximate surface area is 152 Å². The average molecular weight is 354 g/mol. The topological polar surface area (TPSA) is 76.7 Å². The van der Waals surface area contributed by atoms with E-state index in [4.69, 9.17) is 9.47 Å². The Morgan fingerprint density at radius 3 is 2.69 bits per heavy atom. The third kappa shape index (κ3) is 3.49. The summed E-state index contributed by atoms with van der Waals surface area (Å²) in [7, 11) is 3.17. The van der Waals surface area contributed by atoms with Crippen molar-refractivity contribution in [2.45, 2.75) is 25.3 Å². The molecule has 136 valence electrons. The lowest BCUT2D eigenvalue weighted by atomic mass is 9.89. The summed E-state index contributed by atoms with van der Waals surface area (Å²) < 4.78 is 10.7. The molecule has 2 aromatic carbocycles. The van der Waals surface area contributed by atoms with Gasteiger partial charge in [-0.3, -0.25) is 9.59 Å². The van der Waals surface area contributed by atoms with Crippen LogP contribution in [0.1, 0.15) is 36.4 Å². The molecule has 2 unspecified atom stereocenters. The number of hydrogen-bond donors (Lipinski definition) is 2. The second-order valence-corrected chi connectivity index (χ2v) is 6.23. The Morgan fingerprint density at radius 1 is 1.19 bits per heavy atom. The Kier molecular flexibility index (Phi) is 5.11. The molecule has 6 nitrogen and oxygen atoms in total. The van der Waals surface area contributed by atoms with Crippen LogP contribution in [0.4, 0.5) is 5.69 Å². The van der Waals surface area contributed by atoms with Gasteiger partial charge in [0.15, 0.2) is 0 Å². The number of carbonyl (C=O) groups excluding carboxylic acids is 2. The van der Waals surface area contributed by atoms with Gasteiger partial charge in [-0.05, 0) is 36.8 Å². The first kappa shape index (κ1) is 17.8. The third-order valence-corrected chi connectivity index (χ3v) is 4.58. The van der Waals surface area contributed by atoms with Gasteiger partial charge in [-0.25, -0.2) is 0 Å². The zero-order valence-corrected chi connectivity index (χ0v) is 15.0. The van der Waals surface area contributed by atoms with E-state index in [2.05, 4.69) is 10.6 Å². The van der Waals surface area contributed by atoms with Gasteiger partial charge in [0, 0.05) is 17.7 Å². The van der Waals surface area contributed by atoms with Crippen molar-refractivity contribution >= 4 is 17.5 Å². The summed E-state index contributed by atoms with van der Waals surface area (Å²) in [5.41, 5.74) is 2.33. The van der Waals surface area contributed by atoms with Crippen LogP contribution in [-0.4, -0.2) is 26.0 Å². The van der Waals surface area contributed by atoms with Crippen LogP contribution in [0.25, 0.3) is 0 Å². The van der Waals surface area contributed by atoms with Gasteiger partial charge < -0.3 is 20.1 Å². The number of methoxy groups -OCH3 is 2. The number of hydrogen-bond acceptors (Lipinski definition) is 4. The van der Waals surface area contributed by atoms with Crippen LogP contribution < -0.4 is 20.1 Å². The Hall–Kier alpha value is -3.02. The lowest BCUT2D eigenvalue weighted by Gasteiger charge is -2.26. The van der Waals surface area contributed by atoms with Gasteiger partial charge in [-0.1, -0.05) is 18.2 Å². The highest BCUT2D eigenvalue weighted by atomic mass is 16.5. The molecule has 3 rings (SSSR count). The van der Waals surface area contributed by atoms with E-state index in [0.29, 0.717) is 17.2 Å². The van der Waals surface area contributed by atoms with Gasteiger partial charge in [0.25, 0.3) is 0 Å². The van der Waals surface area contributed by atoms with E-state index in [0.717, 1.165) is 11.1 Å². The quantitative estimate of drug-likeness (QED) is 0.865. The maximum Gasteiger partial charge on any atom is 0.228 e. The van der Waals surface area contributed by atoms with E-state index in [1.165, 1.54) is 0 Å². The van der Waals surface area contributed by atoms with Crippen molar-refractivity contribution in [3.05, 3.63) is 53.6 Å². The number of rotatable bonds is 5. The Morgan fingerprint density at radius 2 is 1.96 bits per heavy atom. The van der Waals surface area contributed by atoms with Crippen molar-refractivity contribution in [3.63, 3.8) is 0 Å². The van der Waals surface area contributed by atoms with Gasteiger partial charge >= 0.3 is 0 Å². The van der Waals surface area contributed by atoms with Gasteiger partial charge in [0.05, 0.1) is 26.2 Å². The minimum Gasteiger partial charge on any atom is -0.497 e. The lowest BCUT2D eigenvalue weighted by molar-refractivity contribution is -0.126. The smallest absolute Gasteiger partial charge is 0.228 e. The van der Waals surface area contributed by atoms with E-state index in [1.807, 2.05) is 31.2 Å². The number of amides is 2. The Bertz CT molecular complexity index is 834. The predicted octanol–water partition coefficient (Wildman–Crippen LogP) is 3.01. The van der Waals surface area contributed by atoms with Crippen molar-refractivity contribution in [2.75, 3.05) is 19.5 Å². The monoisotopic (exact) mass is 354 g/mol. The summed E-state index contributed by atoms with van der Waals surface area (Å²) in [6.45, 7) is 1.88. The van der Waals surface area contributed by atoms with E-state index in [1.54, 1.807) is 32.4 Å². The number of nitrogens with one attached hydrogen (secondary N) is 2. The molecule has 26 heavy (non-hydrogen) atoms. The number of ether oxygens (including phenoxy) is 2. The number of anilines is 1. The first-order valence-electron chi connectivity index (χ1n) is 8.44. The largest absolute Gasteiger partial charge is 0.497 e. The molecule has 2 N–H and O–H groups in total. The fourth-order valence-electron chi connectivity index (χ4n) is 3.21. The maximum absolute atomic E-state index is 12.9. The summed E-state index contributed by atoms with van der Waals surface area (Å²) in [6, 6.07) is 12.5. The zero-order valence-electron chi connectivity index (χ0n) is 15.0. The number of para-hydroxylation sites is 1. The highest BCUT2D eigenvalue weighted by molar-refractivity contribution is 6.01. The molecule has 0 fully saturated rings. The molecule has 2 amide bonds. The summed E-state index contributed by atoms with van der Waals surface area (Å²) in [5.74, 6) is 0.490. The molecule has 0 aliphatic carbocycles. The van der Waals surface area contributed by atoms with E-state index >= 15 is 0 Å². The van der Waals surface area contributed by atoms with Crippen LogP contribution in [0, 0.1) is 0 Å². The first-order valence-corrected chi connectivity index (χ1v) is 8.44. The highest BCUT2D eigenvalue weighted by Crippen LogP contribution is 2.34. The summed E-state index contributed by atoms with van der Waals surface area (Å²) in [4.78, 5) is 24.8. The van der Waals surface area contributed by atoms with Gasteiger partial charge in [-0.15, -0.1) is 0 Å². The molecule has 0 saturated carbocycles. The van der Waals surface area contributed by atoms with Crippen LogP contribution in [0.5, 0.6) is 11.5 Å². The molecule has 6 heteroatoms. The minimum atomic E-state index is -0.515. The fourth-order valence-corrected chi connectivity index (χ4v) is 3.21. The maximum atomic E-state index is 12.9. The second kappa shape index (κ2) is 7.47. The number of carbonyl (C=O) groups is 2. The molecule has 0 spiro atoms. The van der Waals surface area contributed by atoms with Crippen LogP contribution in [-0.2, 0) is 9.59 Å². The van der Waals surface area contributed by atoms with Crippen molar-refractivity contribution in [1.29, 1.82) is 0 Å². The molecule has 0 saturated heterocycles. The summed E-state index contributed by atoms with van der Waals surface area (Å²) in [5, 5.41) is 5.81. The molecule has 1 heterocycles. The normalized spacial score (nSPS) is 16.9. The second-order valence-electron chi connectivity index (χ2n) is 6.23. The minimum absolute atomic E-state index is 0.130. The number of benzene rings is 2. The van der Waals surface area contributed by atoms with Crippen LogP contribution in [0.2, 0.25) is 0 Å². The molecule has 1 aliphatic rings. The Balaban J connectivity index is 1.83. The fraction of sp³-hybridized carbons (Fsp3) is 0.300. The highest BCUT2D eigenvalue weighted by Gasteiger charge is 2.31. The SMILES string of the molecule is COc1ccc(OC)c(C(C)NC(=O)C2CC(=O)Nc3ccccc32)c1. The van der Waals surface area contributed by atoms with Gasteiger partial charge in [-0.2, -0.15) is 0 Å². The van der Waals surface area contributed by atoms with E-state index in [9.17, 15) is 9.59 Å². The molecule has 0 aromatic heterocycles. The third-order valence-electron chi connectivity index (χ3n) is 4.58. The molecular formula is C20H22N2O4. The molecule has 0 radical (unpaired) electrons. The van der Waals surface area contributed by atoms with Crippen molar-refractivity contribution < 1.29 is 19.1 Å². The lowest BCUT2D eigenvalue weighted by Crippen LogP contribution is -2.36.